The molecular formula is C22H35ClN4O2. The third-order valence-electron chi connectivity index (χ3n) is 5.21. The number of hydrogen-bond donors (Lipinski definition) is 2. The van der Waals surface area contributed by atoms with Gasteiger partial charge in [-0.05, 0) is 78.4 Å². The molecule has 1 fully saturated rings. The number of carbonyl (C=O) groups excluding carboxylic acids is 2. The molecule has 0 aliphatic carbocycles. The Morgan fingerprint density at radius 1 is 1.17 bits per heavy atom. The number of piperidine rings is 1. The van der Waals surface area contributed by atoms with Crippen LogP contribution in [0.2, 0.25) is 0 Å². The van der Waals surface area contributed by atoms with Crippen LogP contribution in [-0.2, 0) is 4.79 Å². The zero-order valence-electron chi connectivity index (χ0n) is 18.2. The van der Waals surface area contributed by atoms with E-state index in [0.29, 0.717) is 17.8 Å². The lowest BCUT2D eigenvalue weighted by Gasteiger charge is -2.31. The number of hydrogen-bond acceptors (Lipinski definition) is 4. The van der Waals surface area contributed by atoms with Gasteiger partial charge in [0.1, 0.15) is 0 Å². The van der Waals surface area contributed by atoms with E-state index < -0.39 is 5.41 Å². The highest BCUT2D eigenvalue weighted by atomic mass is 35.5. The Bertz CT molecular complexity index is 700. The van der Waals surface area contributed by atoms with E-state index in [4.69, 9.17) is 11.6 Å². The van der Waals surface area contributed by atoms with Crippen molar-refractivity contribution in [2.45, 2.75) is 39.5 Å². The van der Waals surface area contributed by atoms with Crippen molar-refractivity contribution in [3.63, 3.8) is 0 Å². The van der Waals surface area contributed by atoms with Crippen LogP contribution in [0.15, 0.2) is 18.2 Å². The van der Waals surface area contributed by atoms with Crippen LogP contribution in [0.5, 0.6) is 0 Å². The van der Waals surface area contributed by atoms with E-state index in [-0.39, 0.29) is 17.7 Å². The van der Waals surface area contributed by atoms with Crippen LogP contribution in [0, 0.1) is 5.41 Å². The second-order valence-corrected chi connectivity index (χ2v) is 8.93. The minimum absolute atomic E-state index is 0.1000. The minimum atomic E-state index is -0.679. The van der Waals surface area contributed by atoms with Crippen molar-refractivity contribution in [1.82, 2.24) is 10.2 Å². The number of amides is 2. The minimum Gasteiger partial charge on any atom is -0.371 e. The maximum Gasteiger partial charge on any atom is 0.253 e. The maximum atomic E-state index is 13.0. The Labute approximate surface area is 180 Å². The summed E-state index contributed by atoms with van der Waals surface area (Å²) in [7, 11) is 4.04. The number of rotatable bonds is 9. The molecule has 0 bridgehead atoms. The fraction of sp³-hybridized carbons (Fsp3) is 0.636. The van der Waals surface area contributed by atoms with E-state index in [1.165, 1.54) is 6.42 Å². The number of anilines is 2. The van der Waals surface area contributed by atoms with Gasteiger partial charge in [-0.2, -0.15) is 0 Å². The van der Waals surface area contributed by atoms with Crippen molar-refractivity contribution < 1.29 is 9.59 Å². The largest absolute Gasteiger partial charge is 0.371 e. The summed E-state index contributed by atoms with van der Waals surface area (Å²) < 4.78 is 0. The summed E-state index contributed by atoms with van der Waals surface area (Å²) in [5.41, 5.74) is 1.48. The Kier molecular flexibility index (Phi) is 8.78. The molecule has 1 aliphatic heterocycles. The third-order valence-corrected chi connectivity index (χ3v) is 5.88. The van der Waals surface area contributed by atoms with Gasteiger partial charge < -0.3 is 20.4 Å². The molecule has 0 spiro atoms. The first-order valence-electron chi connectivity index (χ1n) is 10.4. The van der Waals surface area contributed by atoms with Crippen molar-refractivity contribution in [1.29, 1.82) is 0 Å². The summed E-state index contributed by atoms with van der Waals surface area (Å²) >= 11 is 5.92. The molecule has 7 heteroatoms. The predicted octanol–water partition coefficient (Wildman–Crippen LogP) is 3.56. The van der Waals surface area contributed by atoms with Gasteiger partial charge in [-0.25, -0.2) is 0 Å². The van der Waals surface area contributed by atoms with Crippen molar-refractivity contribution in [3.8, 4) is 0 Å². The van der Waals surface area contributed by atoms with Crippen molar-refractivity contribution in [2.75, 3.05) is 56.4 Å². The van der Waals surface area contributed by atoms with E-state index in [0.717, 1.165) is 44.6 Å². The van der Waals surface area contributed by atoms with E-state index in [2.05, 4.69) is 20.4 Å². The van der Waals surface area contributed by atoms with Crippen LogP contribution in [0.3, 0.4) is 0 Å². The zero-order valence-corrected chi connectivity index (χ0v) is 18.9. The lowest BCUT2D eigenvalue weighted by Crippen LogP contribution is -2.34. The number of nitrogens with one attached hydrogen (secondary N) is 2. The van der Waals surface area contributed by atoms with Gasteiger partial charge in [-0.15, -0.1) is 11.6 Å². The predicted molar refractivity (Wildman–Crippen MR) is 121 cm³/mol. The third kappa shape index (κ3) is 6.89. The number of nitrogens with zero attached hydrogens (tertiary/aromatic N) is 2. The SMILES string of the molecule is CN(C)CCCNC(=O)c1cc(NC(=O)C(C)(C)CCl)ccc1N1CCCCC1. The van der Waals surface area contributed by atoms with Gasteiger partial charge in [-0.1, -0.05) is 0 Å². The standard InChI is InChI=1S/C22H35ClN4O2/c1-22(2,16-23)21(29)25-17-9-10-19(27-13-6-5-7-14-27)18(15-17)20(28)24-11-8-12-26(3)4/h9-10,15H,5-8,11-14,16H2,1-4H3,(H,24,28)(H,25,29). The molecule has 0 aromatic heterocycles. The van der Waals surface area contributed by atoms with Crippen molar-refractivity contribution in [3.05, 3.63) is 23.8 Å². The topological polar surface area (TPSA) is 64.7 Å². The Balaban J connectivity index is 2.20. The van der Waals surface area contributed by atoms with Crippen molar-refractivity contribution >= 4 is 34.8 Å². The molecule has 0 saturated carbocycles. The lowest BCUT2D eigenvalue weighted by molar-refractivity contribution is -0.122. The lowest BCUT2D eigenvalue weighted by atomic mass is 9.95. The quantitative estimate of drug-likeness (QED) is 0.471. The number of alkyl halides is 1. The average molecular weight is 423 g/mol. The Hall–Kier alpha value is -1.79. The molecule has 0 unspecified atom stereocenters. The first-order chi connectivity index (χ1) is 13.7. The zero-order chi connectivity index (χ0) is 21.4. The number of carbonyl (C=O) groups is 2. The molecular weight excluding hydrogens is 388 g/mol. The molecule has 0 radical (unpaired) electrons. The molecule has 2 rings (SSSR count). The van der Waals surface area contributed by atoms with E-state index >= 15 is 0 Å². The molecule has 6 nitrogen and oxygen atoms in total. The normalized spacial score (nSPS) is 14.8. The molecule has 1 aromatic carbocycles. The van der Waals surface area contributed by atoms with Gasteiger partial charge in [-0.3, -0.25) is 9.59 Å². The van der Waals surface area contributed by atoms with Crippen LogP contribution in [-0.4, -0.2) is 62.9 Å². The monoisotopic (exact) mass is 422 g/mol. The van der Waals surface area contributed by atoms with Crippen LogP contribution in [0.4, 0.5) is 11.4 Å². The summed E-state index contributed by atoms with van der Waals surface area (Å²) in [6, 6.07) is 5.60. The Morgan fingerprint density at radius 2 is 1.86 bits per heavy atom. The molecule has 162 valence electrons. The molecule has 1 heterocycles. The highest BCUT2D eigenvalue weighted by Gasteiger charge is 2.27. The van der Waals surface area contributed by atoms with Crippen LogP contribution in [0.1, 0.15) is 49.9 Å². The van der Waals surface area contributed by atoms with Gasteiger partial charge in [0.25, 0.3) is 5.91 Å². The van der Waals surface area contributed by atoms with Gasteiger partial charge in [0.15, 0.2) is 0 Å². The van der Waals surface area contributed by atoms with Crippen LogP contribution < -0.4 is 15.5 Å². The first kappa shape index (κ1) is 23.5. The van der Waals surface area contributed by atoms with Gasteiger partial charge in [0, 0.05) is 36.9 Å². The number of halogens is 1. The van der Waals surface area contributed by atoms with E-state index in [1.807, 2.05) is 26.2 Å². The second kappa shape index (κ2) is 10.8. The van der Waals surface area contributed by atoms with Crippen LogP contribution >= 0.6 is 11.6 Å². The maximum absolute atomic E-state index is 13.0. The van der Waals surface area contributed by atoms with Gasteiger partial charge in [0.05, 0.1) is 11.0 Å². The first-order valence-corrected chi connectivity index (χ1v) is 11.0. The summed E-state index contributed by atoms with van der Waals surface area (Å²) in [4.78, 5) is 29.8. The van der Waals surface area contributed by atoms with Gasteiger partial charge >= 0.3 is 0 Å². The highest BCUT2D eigenvalue weighted by molar-refractivity contribution is 6.20. The van der Waals surface area contributed by atoms with Crippen LogP contribution in [0.25, 0.3) is 0 Å². The van der Waals surface area contributed by atoms with Gasteiger partial charge in [0.2, 0.25) is 5.91 Å². The average Bonchev–Trinajstić information content (AvgIpc) is 2.71. The second-order valence-electron chi connectivity index (χ2n) is 8.66. The van der Waals surface area contributed by atoms with Crippen molar-refractivity contribution in [2.24, 2.45) is 5.41 Å². The van der Waals surface area contributed by atoms with E-state index in [1.54, 1.807) is 19.9 Å². The molecule has 2 N–H and O–H groups in total. The Morgan fingerprint density at radius 3 is 2.48 bits per heavy atom. The highest BCUT2D eigenvalue weighted by Crippen LogP contribution is 2.28. The molecule has 0 atom stereocenters. The molecule has 1 aliphatic rings. The summed E-state index contributed by atoms with van der Waals surface area (Å²) in [6.07, 6.45) is 4.38. The molecule has 2 amide bonds. The smallest absolute Gasteiger partial charge is 0.253 e. The molecule has 29 heavy (non-hydrogen) atoms. The summed E-state index contributed by atoms with van der Waals surface area (Å²) in [5, 5.41) is 5.94. The summed E-state index contributed by atoms with van der Waals surface area (Å²) in [6.45, 7) is 7.04. The summed E-state index contributed by atoms with van der Waals surface area (Å²) in [5.74, 6) is -0.0308. The number of benzene rings is 1. The fourth-order valence-electron chi connectivity index (χ4n) is 3.26. The molecule has 1 saturated heterocycles. The fourth-order valence-corrected chi connectivity index (χ4v) is 3.38. The molecule has 1 aromatic rings. The van der Waals surface area contributed by atoms with E-state index in [9.17, 15) is 9.59 Å².